The van der Waals surface area contributed by atoms with Crippen LogP contribution in [0.1, 0.15) is 44.6 Å². The molecule has 1 aromatic rings. The molecule has 2 rings (SSSR count). The van der Waals surface area contributed by atoms with Crippen LogP contribution in [-0.4, -0.2) is 11.5 Å². The molecule has 3 nitrogen and oxygen atoms in total. The molecule has 1 aromatic heterocycles. The Hall–Kier alpha value is -1.25. The third-order valence-electron chi connectivity index (χ3n) is 4.19. The fourth-order valence-corrected chi connectivity index (χ4v) is 2.72. The number of aryl methyl sites for hydroxylation is 1. The van der Waals surface area contributed by atoms with Gasteiger partial charge in [-0.25, -0.2) is 4.98 Å². The Kier molecular flexibility index (Phi) is 4.45. The number of hydrogen-bond acceptors (Lipinski definition) is 3. The molecule has 0 spiro atoms. The lowest BCUT2D eigenvalue weighted by molar-refractivity contribution is 0.282. The zero-order chi connectivity index (χ0) is 13.0. The molecule has 1 fully saturated rings. The molecule has 1 aliphatic rings. The maximum atomic E-state index is 6.00. The van der Waals surface area contributed by atoms with Crippen LogP contribution in [0, 0.1) is 18.8 Å². The van der Waals surface area contributed by atoms with Gasteiger partial charge in [-0.1, -0.05) is 32.6 Å². The smallest absolute Gasteiger partial charge is 0.149 e. The van der Waals surface area contributed by atoms with Crippen molar-refractivity contribution in [2.75, 3.05) is 17.6 Å². The summed E-state index contributed by atoms with van der Waals surface area (Å²) in [5.74, 6) is 2.67. The number of pyridine rings is 1. The summed E-state index contributed by atoms with van der Waals surface area (Å²) in [4.78, 5) is 4.30. The second-order valence-electron chi connectivity index (χ2n) is 5.73. The van der Waals surface area contributed by atoms with Crippen LogP contribution in [-0.2, 0) is 0 Å². The first-order valence-electron chi connectivity index (χ1n) is 7.11. The van der Waals surface area contributed by atoms with Crippen LogP contribution >= 0.6 is 0 Å². The van der Waals surface area contributed by atoms with Gasteiger partial charge in [0.15, 0.2) is 0 Å². The van der Waals surface area contributed by atoms with E-state index in [4.69, 9.17) is 5.73 Å². The van der Waals surface area contributed by atoms with Crippen molar-refractivity contribution in [3.63, 3.8) is 0 Å². The summed E-state index contributed by atoms with van der Waals surface area (Å²) in [6.07, 6.45) is 8.63. The Bertz CT molecular complexity index is 381. The van der Waals surface area contributed by atoms with E-state index in [2.05, 4.69) is 17.2 Å². The Morgan fingerprint density at radius 1 is 1.33 bits per heavy atom. The molecule has 0 aromatic carbocycles. The Morgan fingerprint density at radius 2 is 2.06 bits per heavy atom. The van der Waals surface area contributed by atoms with Crippen molar-refractivity contribution in [3.05, 3.63) is 17.8 Å². The van der Waals surface area contributed by atoms with E-state index >= 15 is 0 Å². The van der Waals surface area contributed by atoms with Gasteiger partial charge >= 0.3 is 0 Å². The lowest BCUT2D eigenvalue weighted by atomic mass is 9.81. The number of nitrogens with two attached hydrogens (primary N) is 1. The molecule has 0 saturated heterocycles. The van der Waals surface area contributed by atoms with Crippen molar-refractivity contribution < 1.29 is 0 Å². The summed E-state index contributed by atoms with van der Waals surface area (Å²) >= 11 is 0. The molecule has 0 amide bonds. The predicted octanol–water partition coefficient (Wildman–Crippen LogP) is 3.60. The zero-order valence-corrected chi connectivity index (χ0v) is 11.6. The zero-order valence-electron chi connectivity index (χ0n) is 11.6. The highest BCUT2D eigenvalue weighted by molar-refractivity contribution is 5.64. The molecule has 3 heteroatoms. The fraction of sp³-hybridized carbons (Fsp3) is 0.667. The van der Waals surface area contributed by atoms with Gasteiger partial charge in [0.1, 0.15) is 5.82 Å². The minimum Gasteiger partial charge on any atom is -0.396 e. The van der Waals surface area contributed by atoms with Crippen molar-refractivity contribution >= 4 is 11.5 Å². The quantitative estimate of drug-likeness (QED) is 0.854. The minimum atomic E-state index is 0.787. The van der Waals surface area contributed by atoms with Crippen LogP contribution in [0.5, 0.6) is 0 Å². The third-order valence-corrected chi connectivity index (χ3v) is 4.19. The average Bonchev–Trinajstić information content (AvgIpc) is 2.37. The van der Waals surface area contributed by atoms with Gasteiger partial charge in [-0.2, -0.15) is 0 Å². The number of nitrogens with zero attached hydrogens (tertiary/aromatic N) is 1. The van der Waals surface area contributed by atoms with Gasteiger partial charge < -0.3 is 11.1 Å². The molecule has 0 bridgehead atoms. The normalized spacial score (nSPS) is 23.9. The maximum absolute atomic E-state index is 6.00. The van der Waals surface area contributed by atoms with Crippen LogP contribution in [0.15, 0.2) is 12.3 Å². The molecule has 0 atom stereocenters. The van der Waals surface area contributed by atoms with Crippen LogP contribution in [0.25, 0.3) is 0 Å². The standard InChI is InChI=1S/C15H25N3/c1-11-3-5-13(6-4-11)8-10-18-15-14(16)12(2)7-9-17-15/h7,9,11,13H,3-6,8,10,16H2,1-2H3,(H,17,18). The van der Waals surface area contributed by atoms with Gasteiger partial charge in [-0.05, 0) is 36.8 Å². The average molecular weight is 247 g/mol. The van der Waals surface area contributed by atoms with Crippen LogP contribution < -0.4 is 11.1 Å². The first-order valence-corrected chi connectivity index (χ1v) is 7.11. The minimum absolute atomic E-state index is 0.787. The van der Waals surface area contributed by atoms with E-state index < -0.39 is 0 Å². The molecule has 1 aliphatic carbocycles. The lowest BCUT2D eigenvalue weighted by Crippen LogP contribution is -2.16. The van der Waals surface area contributed by atoms with Crippen molar-refractivity contribution in [3.8, 4) is 0 Å². The van der Waals surface area contributed by atoms with Crippen molar-refractivity contribution in [2.24, 2.45) is 11.8 Å². The molecule has 1 heterocycles. The first-order chi connectivity index (χ1) is 8.66. The van der Waals surface area contributed by atoms with Crippen molar-refractivity contribution in [1.82, 2.24) is 4.98 Å². The number of hydrogen-bond donors (Lipinski definition) is 2. The second kappa shape index (κ2) is 6.07. The Morgan fingerprint density at radius 3 is 2.78 bits per heavy atom. The summed E-state index contributed by atoms with van der Waals surface area (Å²) < 4.78 is 0. The SMILES string of the molecule is Cc1ccnc(NCCC2CCC(C)CC2)c1N. The van der Waals surface area contributed by atoms with E-state index in [1.54, 1.807) is 0 Å². The van der Waals surface area contributed by atoms with Crippen LogP contribution in [0.3, 0.4) is 0 Å². The fourth-order valence-electron chi connectivity index (χ4n) is 2.72. The highest BCUT2D eigenvalue weighted by atomic mass is 15.0. The predicted molar refractivity (Wildman–Crippen MR) is 77.6 cm³/mol. The number of rotatable bonds is 4. The molecular formula is C15H25N3. The summed E-state index contributed by atoms with van der Waals surface area (Å²) in [5, 5.41) is 3.38. The molecule has 1 saturated carbocycles. The summed E-state index contributed by atoms with van der Waals surface area (Å²) in [5.41, 5.74) is 7.88. The van der Waals surface area contributed by atoms with E-state index in [9.17, 15) is 0 Å². The van der Waals surface area contributed by atoms with Crippen molar-refractivity contribution in [2.45, 2.75) is 46.0 Å². The third kappa shape index (κ3) is 3.37. The van der Waals surface area contributed by atoms with Gasteiger partial charge in [0.25, 0.3) is 0 Å². The summed E-state index contributed by atoms with van der Waals surface area (Å²) in [6, 6.07) is 1.95. The van der Waals surface area contributed by atoms with Gasteiger partial charge in [-0.3, -0.25) is 0 Å². The molecule has 0 unspecified atom stereocenters. The molecule has 18 heavy (non-hydrogen) atoms. The van der Waals surface area contributed by atoms with Crippen LogP contribution in [0.2, 0.25) is 0 Å². The number of nitrogen functional groups attached to an aromatic ring is 1. The van der Waals surface area contributed by atoms with E-state index in [-0.39, 0.29) is 0 Å². The highest BCUT2D eigenvalue weighted by Crippen LogP contribution is 2.30. The van der Waals surface area contributed by atoms with E-state index in [0.717, 1.165) is 35.4 Å². The van der Waals surface area contributed by atoms with Crippen molar-refractivity contribution in [1.29, 1.82) is 0 Å². The van der Waals surface area contributed by atoms with Crippen LogP contribution in [0.4, 0.5) is 11.5 Å². The molecule has 0 radical (unpaired) electrons. The van der Waals surface area contributed by atoms with Gasteiger partial charge in [0, 0.05) is 12.7 Å². The number of nitrogens with one attached hydrogen (secondary N) is 1. The Balaban J connectivity index is 1.77. The largest absolute Gasteiger partial charge is 0.396 e. The van der Waals surface area contributed by atoms with Gasteiger partial charge in [0.2, 0.25) is 0 Å². The molecule has 0 aliphatic heterocycles. The second-order valence-corrected chi connectivity index (χ2v) is 5.73. The summed E-state index contributed by atoms with van der Waals surface area (Å²) in [6.45, 7) is 5.37. The first kappa shape index (κ1) is 13.2. The summed E-state index contributed by atoms with van der Waals surface area (Å²) in [7, 11) is 0. The van der Waals surface area contributed by atoms with Gasteiger partial charge in [0.05, 0.1) is 5.69 Å². The Labute approximate surface area is 110 Å². The molecular weight excluding hydrogens is 222 g/mol. The maximum Gasteiger partial charge on any atom is 0.149 e. The van der Waals surface area contributed by atoms with E-state index in [1.807, 2.05) is 19.2 Å². The van der Waals surface area contributed by atoms with Gasteiger partial charge in [-0.15, -0.1) is 0 Å². The molecule has 3 N–H and O–H groups in total. The molecule has 100 valence electrons. The highest BCUT2D eigenvalue weighted by Gasteiger charge is 2.17. The number of anilines is 2. The van der Waals surface area contributed by atoms with E-state index in [0.29, 0.717) is 0 Å². The van der Waals surface area contributed by atoms with E-state index in [1.165, 1.54) is 32.1 Å². The lowest BCUT2D eigenvalue weighted by Gasteiger charge is -2.26. The topological polar surface area (TPSA) is 50.9 Å². The number of aromatic nitrogens is 1. The monoisotopic (exact) mass is 247 g/mol.